The van der Waals surface area contributed by atoms with Crippen LogP contribution in [0.4, 0.5) is 0 Å². The van der Waals surface area contributed by atoms with Crippen molar-refractivity contribution in [2.75, 3.05) is 7.11 Å². The van der Waals surface area contributed by atoms with Gasteiger partial charge in [-0.15, -0.1) is 0 Å². The number of fused-ring (bicyclic) bond motifs is 1. The van der Waals surface area contributed by atoms with Gasteiger partial charge in [0.2, 0.25) is 0 Å². The second-order valence-electron chi connectivity index (χ2n) is 5.81. The van der Waals surface area contributed by atoms with Gasteiger partial charge in [-0.3, -0.25) is 0 Å². The summed E-state index contributed by atoms with van der Waals surface area (Å²) >= 11 is 0. The smallest absolute Gasteiger partial charge is 0.338 e. The first kappa shape index (κ1) is 14.0. The van der Waals surface area contributed by atoms with E-state index in [0.29, 0.717) is 17.4 Å². The van der Waals surface area contributed by atoms with Gasteiger partial charge in [-0.05, 0) is 38.0 Å². The molecule has 0 saturated heterocycles. The highest BCUT2D eigenvalue weighted by Crippen LogP contribution is 2.37. The molecule has 1 fully saturated rings. The summed E-state index contributed by atoms with van der Waals surface area (Å²) in [5.74, 6) is -0.161. The van der Waals surface area contributed by atoms with Crippen molar-refractivity contribution in [2.45, 2.75) is 45.1 Å². The highest BCUT2D eigenvalue weighted by molar-refractivity contribution is 6.05. The van der Waals surface area contributed by atoms with Crippen LogP contribution in [0.5, 0.6) is 5.75 Å². The zero-order valence-electron chi connectivity index (χ0n) is 12.6. The average molecular weight is 287 g/mol. The zero-order chi connectivity index (χ0) is 15.0. The molecule has 4 heteroatoms. The molecule has 0 bridgehead atoms. The third-order valence-electron chi connectivity index (χ3n) is 4.61. The summed E-state index contributed by atoms with van der Waals surface area (Å²) in [6.07, 6.45) is 6.00. The standard InChI is InChI=1S/C17H21NO3/c1-11-16(17(19)20)14-10-13(21-2)8-9-15(14)18(11)12-6-4-3-5-7-12/h8-10,12H,3-7H2,1-2H3,(H,19,20). The van der Waals surface area contributed by atoms with Crippen molar-refractivity contribution in [3.05, 3.63) is 29.5 Å². The SMILES string of the molecule is COc1ccc2c(c1)c(C(=O)O)c(C)n2C1CCCCC1. The van der Waals surface area contributed by atoms with Gasteiger partial charge >= 0.3 is 5.97 Å². The first-order valence-electron chi connectivity index (χ1n) is 7.55. The van der Waals surface area contributed by atoms with Crippen LogP contribution in [0.1, 0.15) is 54.2 Å². The van der Waals surface area contributed by atoms with Crippen LogP contribution in [-0.2, 0) is 0 Å². The van der Waals surface area contributed by atoms with Crippen LogP contribution in [0.15, 0.2) is 18.2 Å². The van der Waals surface area contributed by atoms with Crippen molar-refractivity contribution >= 4 is 16.9 Å². The molecule has 0 spiro atoms. The van der Waals surface area contributed by atoms with Crippen LogP contribution in [-0.4, -0.2) is 22.8 Å². The Kier molecular flexibility index (Phi) is 3.62. The second kappa shape index (κ2) is 5.43. The third kappa shape index (κ3) is 2.28. The van der Waals surface area contributed by atoms with Gasteiger partial charge in [-0.1, -0.05) is 19.3 Å². The van der Waals surface area contributed by atoms with E-state index >= 15 is 0 Å². The van der Waals surface area contributed by atoms with Gasteiger partial charge < -0.3 is 14.4 Å². The van der Waals surface area contributed by atoms with E-state index in [4.69, 9.17) is 4.74 Å². The lowest BCUT2D eigenvalue weighted by atomic mass is 9.95. The minimum Gasteiger partial charge on any atom is -0.497 e. The second-order valence-corrected chi connectivity index (χ2v) is 5.81. The minimum atomic E-state index is -0.861. The van der Waals surface area contributed by atoms with Gasteiger partial charge in [0.05, 0.1) is 12.7 Å². The summed E-state index contributed by atoms with van der Waals surface area (Å²) in [7, 11) is 1.60. The fraction of sp³-hybridized carbons (Fsp3) is 0.471. The van der Waals surface area contributed by atoms with E-state index in [0.717, 1.165) is 29.4 Å². The molecule has 112 valence electrons. The maximum absolute atomic E-state index is 11.7. The molecule has 1 aliphatic rings. The number of nitrogens with zero attached hydrogens (tertiary/aromatic N) is 1. The number of hydrogen-bond acceptors (Lipinski definition) is 2. The van der Waals surface area contributed by atoms with Crippen LogP contribution in [0.3, 0.4) is 0 Å². The Balaban J connectivity index is 2.23. The summed E-state index contributed by atoms with van der Waals surface area (Å²) < 4.78 is 7.48. The summed E-state index contributed by atoms with van der Waals surface area (Å²) in [6.45, 7) is 1.92. The molecule has 2 aromatic rings. The Hall–Kier alpha value is -1.97. The van der Waals surface area contributed by atoms with Crippen LogP contribution >= 0.6 is 0 Å². The molecule has 1 aromatic carbocycles. The van der Waals surface area contributed by atoms with Crippen molar-refractivity contribution < 1.29 is 14.6 Å². The molecule has 1 saturated carbocycles. The Bertz CT molecular complexity index is 681. The Morgan fingerprint density at radius 2 is 2.00 bits per heavy atom. The van der Waals surface area contributed by atoms with E-state index in [1.807, 2.05) is 25.1 Å². The van der Waals surface area contributed by atoms with Crippen molar-refractivity contribution in [1.82, 2.24) is 4.57 Å². The number of rotatable bonds is 3. The lowest BCUT2D eigenvalue weighted by Gasteiger charge is -2.25. The van der Waals surface area contributed by atoms with E-state index in [1.165, 1.54) is 19.3 Å². The van der Waals surface area contributed by atoms with Gasteiger partial charge in [0.1, 0.15) is 5.75 Å². The number of carboxylic acids is 1. The van der Waals surface area contributed by atoms with Gasteiger partial charge in [-0.2, -0.15) is 0 Å². The number of ether oxygens (including phenoxy) is 1. The summed E-state index contributed by atoms with van der Waals surface area (Å²) in [4.78, 5) is 11.7. The van der Waals surface area contributed by atoms with Crippen molar-refractivity contribution in [1.29, 1.82) is 0 Å². The highest BCUT2D eigenvalue weighted by atomic mass is 16.5. The number of aromatic nitrogens is 1. The molecule has 4 nitrogen and oxygen atoms in total. The molecule has 1 aliphatic carbocycles. The Morgan fingerprint density at radius 3 is 2.62 bits per heavy atom. The monoisotopic (exact) mass is 287 g/mol. The largest absolute Gasteiger partial charge is 0.497 e. The van der Waals surface area contributed by atoms with E-state index in [-0.39, 0.29) is 0 Å². The number of hydrogen-bond donors (Lipinski definition) is 1. The van der Waals surface area contributed by atoms with Crippen LogP contribution in [0.2, 0.25) is 0 Å². The molecule has 1 heterocycles. The molecule has 0 atom stereocenters. The first-order chi connectivity index (χ1) is 10.1. The van der Waals surface area contributed by atoms with Gasteiger partial charge in [-0.25, -0.2) is 4.79 Å². The number of aromatic carboxylic acids is 1. The maximum Gasteiger partial charge on any atom is 0.338 e. The van der Waals surface area contributed by atoms with Crippen molar-refractivity contribution in [3.63, 3.8) is 0 Å². The normalized spacial score (nSPS) is 16.3. The molecule has 1 N–H and O–H groups in total. The quantitative estimate of drug-likeness (QED) is 0.922. The molecule has 3 rings (SSSR count). The highest BCUT2D eigenvalue weighted by Gasteiger charge is 2.25. The Labute approximate surface area is 124 Å². The van der Waals surface area contributed by atoms with E-state index < -0.39 is 5.97 Å². The molecule has 21 heavy (non-hydrogen) atoms. The molecule has 1 aromatic heterocycles. The number of benzene rings is 1. The van der Waals surface area contributed by atoms with Crippen LogP contribution in [0, 0.1) is 6.92 Å². The molecule has 0 amide bonds. The topological polar surface area (TPSA) is 51.5 Å². The minimum absolute atomic E-state index is 0.412. The Morgan fingerprint density at radius 1 is 1.29 bits per heavy atom. The number of methoxy groups -OCH3 is 1. The number of carboxylic acid groups (broad SMARTS) is 1. The average Bonchev–Trinajstić information content (AvgIpc) is 2.79. The zero-order valence-corrected chi connectivity index (χ0v) is 12.6. The number of carbonyl (C=O) groups is 1. The molecular formula is C17H21NO3. The van der Waals surface area contributed by atoms with Crippen molar-refractivity contribution in [3.8, 4) is 5.75 Å². The molecule has 0 unspecified atom stereocenters. The molecular weight excluding hydrogens is 266 g/mol. The van der Waals surface area contributed by atoms with E-state index in [2.05, 4.69) is 4.57 Å². The molecule has 0 radical (unpaired) electrons. The van der Waals surface area contributed by atoms with Gasteiger partial charge in [0.25, 0.3) is 0 Å². The lowest BCUT2D eigenvalue weighted by molar-refractivity contribution is 0.0697. The van der Waals surface area contributed by atoms with Gasteiger partial charge in [0.15, 0.2) is 0 Å². The predicted molar refractivity (Wildman–Crippen MR) is 82.3 cm³/mol. The van der Waals surface area contributed by atoms with E-state index in [1.54, 1.807) is 7.11 Å². The van der Waals surface area contributed by atoms with E-state index in [9.17, 15) is 9.90 Å². The van der Waals surface area contributed by atoms with Crippen molar-refractivity contribution in [2.24, 2.45) is 0 Å². The fourth-order valence-corrected chi connectivity index (χ4v) is 3.63. The predicted octanol–water partition coefficient (Wildman–Crippen LogP) is 4.16. The summed E-state index contributed by atoms with van der Waals surface area (Å²) in [5, 5.41) is 10.4. The van der Waals surface area contributed by atoms with Gasteiger partial charge in [0, 0.05) is 22.6 Å². The lowest BCUT2D eigenvalue weighted by Crippen LogP contribution is -2.14. The van der Waals surface area contributed by atoms with Crippen LogP contribution in [0.25, 0.3) is 10.9 Å². The molecule has 0 aliphatic heterocycles. The fourth-order valence-electron chi connectivity index (χ4n) is 3.63. The summed E-state index contributed by atoms with van der Waals surface area (Å²) in [5.41, 5.74) is 2.28. The maximum atomic E-state index is 11.7. The first-order valence-corrected chi connectivity index (χ1v) is 7.55. The summed E-state index contributed by atoms with van der Waals surface area (Å²) in [6, 6.07) is 6.16. The van der Waals surface area contributed by atoms with Crippen LogP contribution < -0.4 is 4.74 Å². The third-order valence-corrected chi connectivity index (χ3v) is 4.61.